The van der Waals surface area contributed by atoms with E-state index in [1.54, 1.807) is 25.1 Å². The molecule has 1 heterocycles. The zero-order valence-electron chi connectivity index (χ0n) is 13.9. The average molecular weight is 339 g/mol. The first-order chi connectivity index (χ1) is 12.1. The number of rotatable bonds is 6. The quantitative estimate of drug-likeness (QED) is 0.496. The van der Waals surface area contributed by atoms with Gasteiger partial charge in [0.25, 0.3) is 5.89 Å². The Morgan fingerprint density at radius 3 is 2.64 bits per heavy atom. The maximum atomic E-state index is 11.2. The first-order valence-corrected chi connectivity index (χ1v) is 7.87. The summed E-state index contributed by atoms with van der Waals surface area (Å²) < 4.78 is 10.7. The van der Waals surface area contributed by atoms with Crippen molar-refractivity contribution >= 4 is 5.69 Å². The lowest BCUT2D eigenvalue weighted by Crippen LogP contribution is -2.00. The van der Waals surface area contributed by atoms with Crippen LogP contribution in [0.3, 0.4) is 0 Å². The predicted molar refractivity (Wildman–Crippen MR) is 91.3 cm³/mol. The zero-order chi connectivity index (χ0) is 17.8. The van der Waals surface area contributed by atoms with Crippen LogP contribution in [-0.2, 0) is 13.0 Å². The molecule has 25 heavy (non-hydrogen) atoms. The van der Waals surface area contributed by atoms with E-state index in [4.69, 9.17) is 9.26 Å². The van der Waals surface area contributed by atoms with Crippen molar-refractivity contribution in [3.63, 3.8) is 0 Å². The molecule has 0 N–H and O–H groups in total. The largest absolute Gasteiger partial charge is 0.477 e. The molecule has 2 aromatic carbocycles. The number of nitro groups is 1. The summed E-state index contributed by atoms with van der Waals surface area (Å²) in [5, 5.41) is 15.1. The molecule has 0 atom stereocenters. The molecule has 0 aliphatic carbocycles. The van der Waals surface area contributed by atoms with E-state index in [-0.39, 0.29) is 23.9 Å². The molecule has 0 aliphatic heterocycles. The first kappa shape index (κ1) is 16.6. The summed E-state index contributed by atoms with van der Waals surface area (Å²) in [7, 11) is 0. The number of ether oxygens (including phenoxy) is 1. The fourth-order valence-electron chi connectivity index (χ4n) is 2.44. The number of aryl methyl sites for hydroxylation is 2. The van der Waals surface area contributed by atoms with Crippen LogP contribution in [0.1, 0.15) is 23.9 Å². The van der Waals surface area contributed by atoms with Crippen molar-refractivity contribution < 1.29 is 14.2 Å². The van der Waals surface area contributed by atoms with E-state index in [1.165, 1.54) is 5.56 Å². The van der Waals surface area contributed by atoms with Gasteiger partial charge in [-0.15, -0.1) is 0 Å². The molecule has 1 aromatic heterocycles. The molecule has 0 fully saturated rings. The van der Waals surface area contributed by atoms with Gasteiger partial charge in [-0.05, 0) is 25.0 Å². The Morgan fingerprint density at radius 2 is 1.96 bits per heavy atom. The fraction of sp³-hybridized carbons (Fsp3) is 0.222. The maximum absolute atomic E-state index is 11.2. The number of hydrogen-bond acceptors (Lipinski definition) is 6. The summed E-state index contributed by atoms with van der Waals surface area (Å²) in [4.78, 5) is 15.0. The number of benzene rings is 2. The minimum absolute atomic E-state index is 0.0374. The van der Waals surface area contributed by atoms with Crippen molar-refractivity contribution in [2.24, 2.45) is 0 Å². The van der Waals surface area contributed by atoms with Crippen LogP contribution in [0.15, 0.2) is 47.0 Å². The third kappa shape index (κ3) is 3.65. The molecule has 128 valence electrons. The average Bonchev–Trinajstić information content (AvgIpc) is 3.08. The topological polar surface area (TPSA) is 91.3 Å². The van der Waals surface area contributed by atoms with Crippen molar-refractivity contribution in [1.29, 1.82) is 0 Å². The Morgan fingerprint density at radius 1 is 1.20 bits per heavy atom. The Balaban J connectivity index is 1.74. The Hall–Kier alpha value is -3.22. The van der Waals surface area contributed by atoms with Crippen molar-refractivity contribution in [3.05, 3.63) is 69.6 Å². The van der Waals surface area contributed by atoms with Gasteiger partial charge in [-0.3, -0.25) is 10.1 Å². The Labute approximate surface area is 144 Å². The van der Waals surface area contributed by atoms with Gasteiger partial charge >= 0.3 is 5.69 Å². The van der Waals surface area contributed by atoms with Gasteiger partial charge in [-0.25, -0.2) is 0 Å². The molecule has 7 nitrogen and oxygen atoms in total. The minimum Gasteiger partial charge on any atom is -0.477 e. The van der Waals surface area contributed by atoms with Gasteiger partial charge in [-0.2, -0.15) is 4.98 Å². The van der Waals surface area contributed by atoms with E-state index in [9.17, 15) is 10.1 Å². The lowest BCUT2D eigenvalue weighted by Gasteiger charge is -2.05. The Bertz CT molecular complexity index is 888. The van der Waals surface area contributed by atoms with Gasteiger partial charge in [0, 0.05) is 11.1 Å². The molecule has 0 spiro atoms. The lowest BCUT2D eigenvalue weighted by molar-refractivity contribution is -0.386. The highest BCUT2D eigenvalue weighted by atomic mass is 16.6. The molecule has 0 bridgehead atoms. The molecule has 0 unspecified atom stereocenters. The number of nitrogens with zero attached hydrogens (tertiary/aromatic N) is 3. The van der Waals surface area contributed by atoms with Gasteiger partial charge in [-0.1, -0.05) is 48.5 Å². The molecular formula is C18H17N3O4. The summed E-state index contributed by atoms with van der Waals surface area (Å²) in [5.74, 6) is 0.891. The van der Waals surface area contributed by atoms with E-state index in [1.807, 2.05) is 24.3 Å². The van der Waals surface area contributed by atoms with Crippen LogP contribution in [0.5, 0.6) is 5.75 Å². The summed E-state index contributed by atoms with van der Waals surface area (Å²) in [6.45, 7) is 3.71. The van der Waals surface area contributed by atoms with Gasteiger partial charge in [0.05, 0.1) is 4.92 Å². The van der Waals surface area contributed by atoms with E-state index in [0.717, 1.165) is 12.0 Å². The van der Waals surface area contributed by atoms with E-state index in [0.29, 0.717) is 11.4 Å². The first-order valence-electron chi connectivity index (χ1n) is 7.87. The molecule has 0 amide bonds. The normalized spacial score (nSPS) is 10.6. The number of para-hydroxylation sites is 1. The molecule has 3 aromatic rings. The smallest absolute Gasteiger partial charge is 0.313 e. The second kappa shape index (κ2) is 7.12. The highest BCUT2D eigenvalue weighted by Gasteiger charge is 2.19. The molecular weight excluding hydrogens is 322 g/mol. The standard InChI is InChI=1S/C18H17N3O4/c1-3-13-7-9-14(10-8-13)18-19-16(25-20-18)11-24-15-6-4-5-12(2)17(15)21(22)23/h4-10H,3,11H2,1-2H3. The third-order valence-electron chi connectivity index (χ3n) is 3.82. The van der Waals surface area contributed by atoms with Crippen molar-refractivity contribution in [2.45, 2.75) is 26.9 Å². The summed E-state index contributed by atoms with van der Waals surface area (Å²) in [5.41, 5.74) is 2.54. The third-order valence-corrected chi connectivity index (χ3v) is 3.82. The number of nitro benzene ring substituents is 1. The summed E-state index contributed by atoms with van der Waals surface area (Å²) in [6, 6.07) is 12.8. The molecule has 3 rings (SSSR count). The van der Waals surface area contributed by atoms with Crippen LogP contribution in [0, 0.1) is 17.0 Å². The predicted octanol–water partition coefficient (Wildman–Crippen LogP) is 4.09. The maximum Gasteiger partial charge on any atom is 0.313 e. The fourth-order valence-corrected chi connectivity index (χ4v) is 2.44. The van der Waals surface area contributed by atoms with Gasteiger partial charge in [0.2, 0.25) is 5.82 Å². The SMILES string of the molecule is CCc1ccc(-c2noc(COc3cccc(C)c3[N+](=O)[O-])n2)cc1. The summed E-state index contributed by atoms with van der Waals surface area (Å²) >= 11 is 0. The molecule has 0 saturated heterocycles. The summed E-state index contributed by atoms with van der Waals surface area (Å²) in [6.07, 6.45) is 0.959. The van der Waals surface area contributed by atoms with Crippen molar-refractivity contribution in [2.75, 3.05) is 0 Å². The van der Waals surface area contributed by atoms with E-state index in [2.05, 4.69) is 17.1 Å². The van der Waals surface area contributed by atoms with Crippen LogP contribution < -0.4 is 4.74 Å². The van der Waals surface area contributed by atoms with Crippen LogP contribution in [0.25, 0.3) is 11.4 Å². The molecule has 0 saturated carbocycles. The van der Waals surface area contributed by atoms with E-state index < -0.39 is 4.92 Å². The second-order valence-electron chi connectivity index (χ2n) is 5.53. The minimum atomic E-state index is -0.459. The highest BCUT2D eigenvalue weighted by molar-refractivity contribution is 5.54. The Kier molecular flexibility index (Phi) is 4.74. The van der Waals surface area contributed by atoms with Gasteiger partial charge < -0.3 is 9.26 Å². The number of hydrogen-bond donors (Lipinski definition) is 0. The molecule has 7 heteroatoms. The van der Waals surface area contributed by atoms with Crippen molar-refractivity contribution in [1.82, 2.24) is 10.1 Å². The number of aromatic nitrogens is 2. The zero-order valence-corrected chi connectivity index (χ0v) is 13.9. The molecule has 0 radical (unpaired) electrons. The van der Waals surface area contributed by atoms with Crippen LogP contribution in [0.2, 0.25) is 0 Å². The van der Waals surface area contributed by atoms with Crippen molar-refractivity contribution in [3.8, 4) is 17.1 Å². The van der Waals surface area contributed by atoms with Crippen LogP contribution in [-0.4, -0.2) is 15.1 Å². The molecule has 0 aliphatic rings. The van der Waals surface area contributed by atoms with Gasteiger partial charge in [0.1, 0.15) is 0 Å². The van der Waals surface area contributed by atoms with E-state index >= 15 is 0 Å². The highest BCUT2D eigenvalue weighted by Crippen LogP contribution is 2.30. The van der Waals surface area contributed by atoms with Crippen LogP contribution >= 0.6 is 0 Å². The monoisotopic (exact) mass is 339 g/mol. The van der Waals surface area contributed by atoms with Crippen LogP contribution in [0.4, 0.5) is 5.69 Å². The van der Waals surface area contributed by atoms with Gasteiger partial charge in [0.15, 0.2) is 12.4 Å². The second-order valence-corrected chi connectivity index (χ2v) is 5.53. The lowest BCUT2D eigenvalue weighted by atomic mass is 10.1.